The molecule has 1 aromatic rings. The van der Waals surface area contributed by atoms with Crippen molar-refractivity contribution in [1.82, 2.24) is 10.3 Å². The van der Waals surface area contributed by atoms with Crippen molar-refractivity contribution in [1.29, 1.82) is 0 Å². The summed E-state index contributed by atoms with van der Waals surface area (Å²) in [5, 5.41) is 3.72. The van der Waals surface area contributed by atoms with E-state index in [0.29, 0.717) is 21.9 Å². The van der Waals surface area contributed by atoms with E-state index in [-0.39, 0.29) is 17.6 Å². The molecule has 0 radical (unpaired) electrons. The number of likely N-dealkylation sites (N-methyl/N-ethyl adjacent to an activating group) is 1. The first-order valence-electron chi connectivity index (χ1n) is 5.49. The van der Waals surface area contributed by atoms with E-state index in [1.165, 1.54) is 6.07 Å². The first kappa shape index (κ1) is 13.7. The number of anilines is 1. The van der Waals surface area contributed by atoms with Gasteiger partial charge in [0.25, 0.3) is 0 Å². The molecule has 1 saturated carbocycles. The number of rotatable bonds is 4. The van der Waals surface area contributed by atoms with Crippen LogP contribution in [0.1, 0.15) is 12.8 Å². The molecule has 1 heterocycles. The van der Waals surface area contributed by atoms with Gasteiger partial charge in [-0.3, -0.25) is 4.79 Å². The molecule has 0 saturated heterocycles. The Morgan fingerprint density at radius 2 is 2.11 bits per heavy atom. The molecule has 0 unspecified atom stereocenters. The van der Waals surface area contributed by atoms with Crippen LogP contribution < -0.4 is 10.2 Å². The second-order valence-corrected chi connectivity index (χ2v) is 5.44. The summed E-state index contributed by atoms with van der Waals surface area (Å²) in [5.41, 5.74) is 0. The van der Waals surface area contributed by atoms with Crippen LogP contribution in [0.4, 0.5) is 5.82 Å². The number of pyridine rings is 1. The van der Waals surface area contributed by atoms with Crippen LogP contribution in [0.5, 0.6) is 0 Å². The molecular weight excluding hydrogens is 296 g/mol. The van der Waals surface area contributed by atoms with Crippen LogP contribution in [0.15, 0.2) is 6.07 Å². The van der Waals surface area contributed by atoms with E-state index in [1.807, 2.05) is 0 Å². The van der Waals surface area contributed by atoms with Crippen LogP contribution in [0, 0.1) is 0 Å². The minimum absolute atomic E-state index is 0.0519. The van der Waals surface area contributed by atoms with E-state index in [2.05, 4.69) is 10.3 Å². The summed E-state index contributed by atoms with van der Waals surface area (Å²) in [7, 11) is 1.73. The Bertz CT molecular complexity index is 477. The number of nitrogens with one attached hydrogen (secondary N) is 1. The fraction of sp³-hybridized carbons (Fsp3) is 0.455. The van der Waals surface area contributed by atoms with E-state index >= 15 is 0 Å². The van der Waals surface area contributed by atoms with Gasteiger partial charge in [0.05, 0.1) is 16.6 Å². The number of carbonyl (C=O) groups excluding carboxylic acids is 1. The summed E-state index contributed by atoms with van der Waals surface area (Å²) in [6.45, 7) is 0.182. The molecule has 1 fully saturated rings. The zero-order valence-corrected chi connectivity index (χ0v) is 12.0. The Morgan fingerprint density at radius 1 is 1.44 bits per heavy atom. The second kappa shape index (κ2) is 5.51. The maximum Gasteiger partial charge on any atom is 0.239 e. The molecule has 0 aromatic carbocycles. The predicted molar refractivity (Wildman–Crippen MR) is 73.7 cm³/mol. The highest BCUT2D eigenvalue weighted by Gasteiger charge is 2.24. The van der Waals surface area contributed by atoms with Crippen LogP contribution >= 0.6 is 34.8 Å². The highest BCUT2D eigenvalue weighted by atomic mass is 35.5. The molecule has 1 N–H and O–H groups in total. The van der Waals surface area contributed by atoms with E-state index in [9.17, 15) is 4.79 Å². The summed E-state index contributed by atoms with van der Waals surface area (Å²) in [6.07, 6.45) is 2.11. The fourth-order valence-electron chi connectivity index (χ4n) is 1.49. The molecule has 0 bridgehead atoms. The minimum atomic E-state index is -0.0519. The number of aromatic nitrogens is 1. The van der Waals surface area contributed by atoms with Gasteiger partial charge in [0.1, 0.15) is 11.0 Å². The van der Waals surface area contributed by atoms with Gasteiger partial charge in [0, 0.05) is 13.1 Å². The van der Waals surface area contributed by atoms with Gasteiger partial charge in [-0.2, -0.15) is 0 Å². The summed E-state index contributed by atoms with van der Waals surface area (Å²) in [4.78, 5) is 17.4. The highest BCUT2D eigenvalue weighted by molar-refractivity contribution is 6.42. The first-order chi connectivity index (χ1) is 8.47. The monoisotopic (exact) mass is 307 g/mol. The van der Waals surface area contributed by atoms with E-state index in [0.717, 1.165) is 12.8 Å². The lowest BCUT2D eigenvalue weighted by atomic mass is 10.4. The molecular formula is C11H12Cl3N3O. The molecule has 0 aliphatic heterocycles. The van der Waals surface area contributed by atoms with Gasteiger partial charge in [-0.25, -0.2) is 4.98 Å². The number of carbonyl (C=O) groups is 1. The van der Waals surface area contributed by atoms with E-state index in [1.54, 1.807) is 11.9 Å². The van der Waals surface area contributed by atoms with Gasteiger partial charge in [-0.15, -0.1) is 0 Å². The zero-order chi connectivity index (χ0) is 13.3. The van der Waals surface area contributed by atoms with E-state index < -0.39 is 0 Å². The average molecular weight is 309 g/mol. The van der Waals surface area contributed by atoms with Crippen LogP contribution in [0.25, 0.3) is 0 Å². The molecule has 1 amide bonds. The third-order valence-corrected chi connectivity index (χ3v) is 3.50. The Hall–Kier alpha value is -0.710. The lowest BCUT2D eigenvalue weighted by Gasteiger charge is -2.19. The first-order valence-corrected chi connectivity index (χ1v) is 6.63. The summed E-state index contributed by atoms with van der Waals surface area (Å²) in [5.74, 6) is 0.390. The van der Waals surface area contributed by atoms with Gasteiger partial charge in [0.15, 0.2) is 0 Å². The molecule has 1 aliphatic rings. The maximum atomic E-state index is 11.7. The number of halogens is 3. The quantitative estimate of drug-likeness (QED) is 0.870. The van der Waals surface area contributed by atoms with Crippen molar-refractivity contribution in [3.8, 4) is 0 Å². The van der Waals surface area contributed by atoms with Crippen molar-refractivity contribution >= 4 is 46.5 Å². The van der Waals surface area contributed by atoms with Crippen LogP contribution in [0.3, 0.4) is 0 Å². The third-order valence-electron chi connectivity index (χ3n) is 2.55. The summed E-state index contributed by atoms with van der Waals surface area (Å²) in [6, 6.07) is 1.85. The SMILES string of the molecule is CN(CC(=O)NC1CC1)c1nc(Cl)c(Cl)cc1Cl. The van der Waals surface area contributed by atoms with Crippen molar-refractivity contribution in [2.45, 2.75) is 18.9 Å². The van der Waals surface area contributed by atoms with Gasteiger partial charge in [0.2, 0.25) is 5.91 Å². The van der Waals surface area contributed by atoms with Gasteiger partial charge in [-0.1, -0.05) is 34.8 Å². The van der Waals surface area contributed by atoms with Crippen molar-refractivity contribution in [2.75, 3.05) is 18.5 Å². The summed E-state index contributed by atoms with van der Waals surface area (Å²) < 4.78 is 0. The zero-order valence-electron chi connectivity index (χ0n) is 9.71. The molecule has 1 aliphatic carbocycles. The summed E-state index contributed by atoms with van der Waals surface area (Å²) >= 11 is 17.6. The van der Waals surface area contributed by atoms with Crippen LogP contribution in [0.2, 0.25) is 15.2 Å². The molecule has 7 heteroatoms. The molecule has 0 atom stereocenters. The molecule has 0 spiro atoms. The largest absolute Gasteiger partial charge is 0.352 e. The van der Waals surface area contributed by atoms with Gasteiger partial charge in [-0.05, 0) is 18.9 Å². The molecule has 2 rings (SSSR count). The normalized spacial score (nSPS) is 14.4. The van der Waals surface area contributed by atoms with E-state index in [4.69, 9.17) is 34.8 Å². The number of hydrogen-bond acceptors (Lipinski definition) is 3. The molecule has 98 valence electrons. The Balaban J connectivity index is 2.05. The molecule has 18 heavy (non-hydrogen) atoms. The Labute approximate surface area is 120 Å². The topological polar surface area (TPSA) is 45.2 Å². The lowest BCUT2D eigenvalue weighted by Crippen LogP contribution is -2.36. The van der Waals surface area contributed by atoms with Gasteiger partial charge >= 0.3 is 0 Å². The third kappa shape index (κ3) is 3.40. The maximum absolute atomic E-state index is 11.7. The Morgan fingerprint density at radius 3 is 2.72 bits per heavy atom. The van der Waals surface area contributed by atoms with Crippen molar-refractivity contribution in [3.63, 3.8) is 0 Å². The second-order valence-electron chi connectivity index (χ2n) is 4.26. The van der Waals surface area contributed by atoms with Crippen molar-refractivity contribution < 1.29 is 4.79 Å². The van der Waals surface area contributed by atoms with Crippen LogP contribution in [-0.4, -0.2) is 30.5 Å². The van der Waals surface area contributed by atoms with Crippen LogP contribution in [-0.2, 0) is 4.79 Å². The highest BCUT2D eigenvalue weighted by Crippen LogP contribution is 2.30. The minimum Gasteiger partial charge on any atom is -0.352 e. The fourth-order valence-corrected chi connectivity index (χ4v) is 2.13. The van der Waals surface area contributed by atoms with Crippen molar-refractivity contribution in [3.05, 3.63) is 21.3 Å². The van der Waals surface area contributed by atoms with Crippen molar-refractivity contribution in [2.24, 2.45) is 0 Å². The molecule has 1 aromatic heterocycles. The average Bonchev–Trinajstić information content (AvgIpc) is 3.06. The van der Waals surface area contributed by atoms with Gasteiger partial charge < -0.3 is 10.2 Å². The standard InChI is InChI=1S/C11H12Cl3N3O/c1-17(5-9(18)15-6-2-3-6)11-8(13)4-7(12)10(14)16-11/h4,6H,2-3,5H2,1H3,(H,15,18). The smallest absolute Gasteiger partial charge is 0.239 e. The number of nitrogens with zero attached hydrogens (tertiary/aromatic N) is 2. The number of amides is 1. The Kier molecular flexibility index (Phi) is 4.20. The lowest BCUT2D eigenvalue weighted by molar-refractivity contribution is -0.119. The predicted octanol–water partition coefficient (Wildman–Crippen LogP) is 2.76. The molecule has 4 nitrogen and oxygen atoms in total. The number of hydrogen-bond donors (Lipinski definition) is 1.